The van der Waals surface area contributed by atoms with Gasteiger partial charge in [0.05, 0.1) is 0 Å². The molecule has 0 unspecified atom stereocenters. The van der Waals surface area contributed by atoms with Crippen molar-refractivity contribution >= 4 is 40.9 Å². The summed E-state index contributed by atoms with van der Waals surface area (Å²) < 4.78 is 5.60. The third kappa shape index (κ3) is 6.47. The molecule has 0 aliphatic heterocycles. The fourth-order valence-electron chi connectivity index (χ4n) is 3.11. The van der Waals surface area contributed by atoms with E-state index >= 15 is 0 Å². The third-order valence-electron chi connectivity index (χ3n) is 5.21. The standard InChI is InChI=1S/C27H24ClN3O3/c1-17-10-11-22(12-18(17)2)30-26(32)16-34-23-7-4-6-20(14-23)13-21(15-29)27(33)31-25-9-5-8-24(28)19(25)3/h4-14H,16H2,1-3H3,(H,30,32)(H,31,33). The number of anilines is 2. The Hall–Kier alpha value is -4.08. The van der Waals surface area contributed by atoms with Gasteiger partial charge in [0.25, 0.3) is 11.8 Å². The predicted molar refractivity (Wildman–Crippen MR) is 135 cm³/mol. The Morgan fingerprint density at radius 3 is 2.50 bits per heavy atom. The van der Waals surface area contributed by atoms with Gasteiger partial charge in [-0.2, -0.15) is 5.26 Å². The van der Waals surface area contributed by atoms with Gasteiger partial charge in [0.15, 0.2) is 6.61 Å². The molecule has 0 fully saturated rings. The largest absolute Gasteiger partial charge is 0.484 e. The number of amides is 2. The van der Waals surface area contributed by atoms with Crippen LogP contribution in [0.5, 0.6) is 5.75 Å². The summed E-state index contributed by atoms with van der Waals surface area (Å²) in [7, 11) is 0. The van der Waals surface area contributed by atoms with Gasteiger partial charge in [0.1, 0.15) is 17.4 Å². The second-order valence-corrected chi connectivity index (χ2v) is 8.15. The third-order valence-corrected chi connectivity index (χ3v) is 5.62. The van der Waals surface area contributed by atoms with E-state index in [1.807, 2.05) is 38.1 Å². The van der Waals surface area contributed by atoms with Crippen molar-refractivity contribution in [3.05, 3.63) is 93.5 Å². The zero-order valence-corrected chi connectivity index (χ0v) is 19.9. The van der Waals surface area contributed by atoms with E-state index in [9.17, 15) is 14.9 Å². The van der Waals surface area contributed by atoms with Gasteiger partial charge in [-0.1, -0.05) is 35.9 Å². The van der Waals surface area contributed by atoms with Gasteiger partial charge < -0.3 is 15.4 Å². The Kier molecular flexibility index (Phi) is 8.07. The lowest BCUT2D eigenvalue weighted by molar-refractivity contribution is -0.118. The topological polar surface area (TPSA) is 91.2 Å². The molecule has 2 N–H and O–H groups in total. The molecule has 3 aromatic carbocycles. The summed E-state index contributed by atoms with van der Waals surface area (Å²) in [5, 5.41) is 15.5. The van der Waals surface area contributed by atoms with Crippen molar-refractivity contribution in [2.45, 2.75) is 20.8 Å². The van der Waals surface area contributed by atoms with E-state index in [-0.39, 0.29) is 18.1 Å². The maximum atomic E-state index is 12.6. The van der Waals surface area contributed by atoms with Gasteiger partial charge >= 0.3 is 0 Å². The summed E-state index contributed by atoms with van der Waals surface area (Å²) in [5.41, 5.74) is 4.68. The molecule has 0 aliphatic carbocycles. The van der Waals surface area contributed by atoms with Crippen molar-refractivity contribution in [1.82, 2.24) is 0 Å². The summed E-state index contributed by atoms with van der Waals surface area (Å²) in [6, 6.07) is 19.6. The monoisotopic (exact) mass is 473 g/mol. The lowest BCUT2D eigenvalue weighted by Gasteiger charge is -2.10. The Labute approximate surface area is 203 Å². The molecule has 0 bridgehead atoms. The zero-order chi connectivity index (χ0) is 24.7. The van der Waals surface area contributed by atoms with Gasteiger partial charge in [-0.3, -0.25) is 9.59 Å². The molecule has 2 amide bonds. The van der Waals surface area contributed by atoms with Crippen molar-refractivity contribution < 1.29 is 14.3 Å². The fraction of sp³-hybridized carbons (Fsp3) is 0.148. The molecular weight excluding hydrogens is 450 g/mol. The number of carbonyl (C=O) groups is 2. The number of halogens is 1. The Morgan fingerprint density at radius 2 is 1.76 bits per heavy atom. The molecule has 172 valence electrons. The van der Waals surface area contributed by atoms with E-state index in [0.717, 1.165) is 11.1 Å². The van der Waals surface area contributed by atoms with Crippen LogP contribution in [0.15, 0.2) is 66.2 Å². The summed E-state index contributed by atoms with van der Waals surface area (Å²) in [4.78, 5) is 24.9. The SMILES string of the molecule is Cc1ccc(NC(=O)COc2cccc(C=C(C#N)C(=O)Nc3cccc(Cl)c3C)c2)cc1C. The van der Waals surface area contributed by atoms with Crippen LogP contribution in [0, 0.1) is 32.1 Å². The number of nitriles is 1. The molecular formula is C27H24ClN3O3. The molecule has 0 radical (unpaired) electrons. The van der Waals surface area contributed by atoms with Crippen molar-refractivity contribution in [2.24, 2.45) is 0 Å². The minimum Gasteiger partial charge on any atom is -0.484 e. The van der Waals surface area contributed by atoms with E-state index in [4.69, 9.17) is 16.3 Å². The number of benzene rings is 3. The maximum Gasteiger partial charge on any atom is 0.266 e. The minimum atomic E-state index is -0.549. The molecule has 0 saturated heterocycles. The highest BCUT2D eigenvalue weighted by atomic mass is 35.5. The van der Waals surface area contributed by atoms with Gasteiger partial charge in [0, 0.05) is 16.4 Å². The number of carbonyl (C=O) groups excluding carboxylic acids is 2. The molecule has 0 spiro atoms. The Balaban J connectivity index is 1.65. The molecule has 0 saturated carbocycles. The average molecular weight is 474 g/mol. The van der Waals surface area contributed by atoms with Crippen LogP contribution >= 0.6 is 11.6 Å². The molecule has 0 aromatic heterocycles. The van der Waals surface area contributed by atoms with Crippen LogP contribution in [-0.2, 0) is 9.59 Å². The van der Waals surface area contributed by atoms with Gasteiger partial charge in [0.2, 0.25) is 0 Å². The number of hydrogen-bond donors (Lipinski definition) is 2. The van der Waals surface area contributed by atoms with Crippen molar-refractivity contribution in [1.29, 1.82) is 5.26 Å². The van der Waals surface area contributed by atoms with Gasteiger partial charge in [-0.05, 0) is 85.5 Å². The van der Waals surface area contributed by atoms with Gasteiger partial charge in [-0.15, -0.1) is 0 Å². The highest BCUT2D eigenvalue weighted by molar-refractivity contribution is 6.31. The lowest BCUT2D eigenvalue weighted by Crippen LogP contribution is -2.20. The molecule has 3 rings (SSSR count). The van der Waals surface area contributed by atoms with Crippen molar-refractivity contribution in [2.75, 3.05) is 17.2 Å². The van der Waals surface area contributed by atoms with Crippen LogP contribution in [0.1, 0.15) is 22.3 Å². The molecule has 6 nitrogen and oxygen atoms in total. The zero-order valence-electron chi connectivity index (χ0n) is 19.1. The second kappa shape index (κ2) is 11.2. The minimum absolute atomic E-state index is 0.0796. The molecule has 0 heterocycles. The fourth-order valence-corrected chi connectivity index (χ4v) is 3.28. The van der Waals surface area contributed by atoms with Crippen LogP contribution in [0.4, 0.5) is 11.4 Å². The quantitative estimate of drug-likeness (QED) is 0.333. The lowest BCUT2D eigenvalue weighted by atomic mass is 10.1. The number of nitrogens with zero attached hydrogens (tertiary/aromatic N) is 1. The predicted octanol–water partition coefficient (Wildman–Crippen LogP) is 5.83. The first kappa shape index (κ1) is 24.6. The molecule has 7 heteroatoms. The van der Waals surface area contributed by atoms with Crippen LogP contribution in [0.2, 0.25) is 5.02 Å². The summed E-state index contributed by atoms with van der Waals surface area (Å²) in [6.07, 6.45) is 1.46. The van der Waals surface area contributed by atoms with E-state index in [0.29, 0.717) is 33.3 Å². The smallest absolute Gasteiger partial charge is 0.266 e. The number of hydrogen-bond acceptors (Lipinski definition) is 4. The van der Waals surface area contributed by atoms with E-state index in [1.54, 1.807) is 49.4 Å². The van der Waals surface area contributed by atoms with Gasteiger partial charge in [-0.25, -0.2) is 0 Å². The van der Waals surface area contributed by atoms with E-state index in [2.05, 4.69) is 10.6 Å². The summed E-state index contributed by atoms with van der Waals surface area (Å²) >= 11 is 6.09. The summed E-state index contributed by atoms with van der Waals surface area (Å²) in [6.45, 7) is 5.59. The highest BCUT2D eigenvalue weighted by Crippen LogP contribution is 2.24. The number of aryl methyl sites for hydroxylation is 2. The van der Waals surface area contributed by atoms with E-state index < -0.39 is 5.91 Å². The number of rotatable bonds is 7. The number of nitrogens with one attached hydrogen (secondary N) is 2. The molecule has 0 aliphatic rings. The normalized spacial score (nSPS) is 10.9. The number of ether oxygens (including phenoxy) is 1. The first-order chi connectivity index (χ1) is 16.3. The summed E-state index contributed by atoms with van der Waals surface area (Å²) in [5.74, 6) is -0.405. The Morgan fingerprint density at radius 1 is 1.00 bits per heavy atom. The van der Waals surface area contributed by atoms with Crippen LogP contribution in [-0.4, -0.2) is 18.4 Å². The van der Waals surface area contributed by atoms with Crippen LogP contribution < -0.4 is 15.4 Å². The maximum absolute atomic E-state index is 12.6. The first-order valence-electron chi connectivity index (χ1n) is 10.5. The molecule has 34 heavy (non-hydrogen) atoms. The highest BCUT2D eigenvalue weighted by Gasteiger charge is 2.12. The van der Waals surface area contributed by atoms with E-state index in [1.165, 1.54) is 6.08 Å². The molecule has 3 aromatic rings. The Bertz CT molecular complexity index is 1310. The molecule has 0 atom stereocenters. The van der Waals surface area contributed by atoms with Crippen molar-refractivity contribution in [3.8, 4) is 11.8 Å². The van der Waals surface area contributed by atoms with Crippen LogP contribution in [0.25, 0.3) is 6.08 Å². The van der Waals surface area contributed by atoms with Crippen LogP contribution in [0.3, 0.4) is 0 Å². The second-order valence-electron chi connectivity index (χ2n) is 7.74. The first-order valence-corrected chi connectivity index (χ1v) is 10.9. The van der Waals surface area contributed by atoms with Crippen molar-refractivity contribution in [3.63, 3.8) is 0 Å². The average Bonchev–Trinajstić information content (AvgIpc) is 2.81.